The zero-order valence-electron chi connectivity index (χ0n) is 10.6. The summed E-state index contributed by atoms with van der Waals surface area (Å²) >= 11 is 0. The Balaban J connectivity index is 2.33. The molecule has 0 aromatic heterocycles. The van der Waals surface area contributed by atoms with Gasteiger partial charge in [-0.1, -0.05) is 31.9 Å². The van der Waals surface area contributed by atoms with Gasteiger partial charge in [0.2, 0.25) is 0 Å². The van der Waals surface area contributed by atoms with E-state index in [-0.39, 0.29) is 17.5 Å². The zero-order valence-corrected chi connectivity index (χ0v) is 10.6. The van der Waals surface area contributed by atoms with Gasteiger partial charge >= 0.3 is 0 Å². The third-order valence-corrected chi connectivity index (χ3v) is 3.24. The van der Waals surface area contributed by atoms with Gasteiger partial charge in [0.15, 0.2) is 0 Å². The van der Waals surface area contributed by atoms with Gasteiger partial charge in [-0.15, -0.1) is 0 Å². The summed E-state index contributed by atoms with van der Waals surface area (Å²) in [6, 6.07) is 5.16. The average molecular weight is 260 g/mol. The van der Waals surface area contributed by atoms with Crippen LogP contribution in [0.2, 0.25) is 0 Å². The van der Waals surface area contributed by atoms with E-state index in [1.165, 1.54) is 12.1 Å². The van der Waals surface area contributed by atoms with Crippen LogP contribution in [0.15, 0.2) is 24.3 Å². The SMILES string of the molecule is CCCC[C@@H](C(=O)[O-])N1C(=O)c2ccccc2C1=O. The molecule has 0 saturated heterocycles. The second kappa shape index (κ2) is 5.22. The maximum Gasteiger partial charge on any atom is 0.262 e. The van der Waals surface area contributed by atoms with Crippen molar-refractivity contribution in [2.24, 2.45) is 0 Å². The van der Waals surface area contributed by atoms with Crippen LogP contribution >= 0.6 is 0 Å². The van der Waals surface area contributed by atoms with Crippen molar-refractivity contribution in [2.45, 2.75) is 32.2 Å². The summed E-state index contributed by atoms with van der Waals surface area (Å²) in [5.41, 5.74) is 0.519. The summed E-state index contributed by atoms with van der Waals surface area (Å²) in [4.78, 5) is 36.3. The second-order valence-electron chi connectivity index (χ2n) is 4.50. The van der Waals surface area contributed by atoms with Crippen LogP contribution in [-0.4, -0.2) is 28.7 Å². The van der Waals surface area contributed by atoms with Crippen LogP contribution in [0.25, 0.3) is 0 Å². The van der Waals surface area contributed by atoms with Gasteiger partial charge in [0.05, 0.1) is 23.1 Å². The Labute approximate surface area is 110 Å². The van der Waals surface area contributed by atoms with Gasteiger partial charge in [-0.25, -0.2) is 0 Å². The number of benzene rings is 1. The quantitative estimate of drug-likeness (QED) is 0.726. The van der Waals surface area contributed by atoms with E-state index in [1.54, 1.807) is 12.1 Å². The fraction of sp³-hybridized carbons (Fsp3) is 0.357. The second-order valence-corrected chi connectivity index (χ2v) is 4.50. The van der Waals surface area contributed by atoms with Crippen LogP contribution in [0.4, 0.5) is 0 Å². The van der Waals surface area contributed by atoms with Crippen LogP contribution in [0.3, 0.4) is 0 Å². The topological polar surface area (TPSA) is 77.5 Å². The summed E-state index contributed by atoms with van der Waals surface area (Å²) in [7, 11) is 0. The van der Waals surface area contributed by atoms with Gasteiger partial charge in [0.1, 0.15) is 0 Å². The van der Waals surface area contributed by atoms with E-state index in [0.717, 1.165) is 11.3 Å². The lowest BCUT2D eigenvalue weighted by molar-refractivity contribution is -0.310. The largest absolute Gasteiger partial charge is 0.548 e. The molecule has 2 rings (SSSR count). The van der Waals surface area contributed by atoms with Crippen molar-refractivity contribution in [3.63, 3.8) is 0 Å². The molecule has 0 N–H and O–H groups in total. The summed E-state index contributed by atoms with van der Waals surface area (Å²) in [5.74, 6) is -2.49. The van der Waals surface area contributed by atoms with Crippen molar-refractivity contribution in [2.75, 3.05) is 0 Å². The molecule has 0 unspecified atom stereocenters. The first-order chi connectivity index (χ1) is 9.07. The van der Waals surface area contributed by atoms with E-state index in [0.29, 0.717) is 6.42 Å². The van der Waals surface area contributed by atoms with Crippen molar-refractivity contribution in [1.29, 1.82) is 0 Å². The van der Waals surface area contributed by atoms with E-state index in [9.17, 15) is 19.5 Å². The first kappa shape index (κ1) is 13.3. The number of aliphatic carboxylic acids is 1. The Morgan fingerprint density at radius 1 is 1.21 bits per heavy atom. The highest BCUT2D eigenvalue weighted by Crippen LogP contribution is 2.25. The normalized spacial score (nSPS) is 15.5. The molecule has 0 spiro atoms. The molecule has 19 heavy (non-hydrogen) atoms. The van der Waals surface area contributed by atoms with E-state index in [1.807, 2.05) is 6.92 Å². The highest BCUT2D eigenvalue weighted by atomic mass is 16.4. The lowest BCUT2D eigenvalue weighted by atomic mass is 10.1. The van der Waals surface area contributed by atoms with Gasteiger partial charge in [0.25, 0.3) is 11.8 Å². The zero-order chi connectivity index (χ0) is 14.0. The van der Waals surface area contributed by atoms with Crippen molar-refractivity contribution in [1.82, 2.24) is 4.90 Å². The summed E-state index contributed by atoms with van der Waals surface area (Å²) in [6.07, 6.45) is 1.63. The molecule has 1 atom stereocenters. The molecule has 1 aliphatic heterocycles. The minimum Gasteiger partial charge on any atom is -0.548 e. The first-order valence-corrected chi connectivity index (χ1v) is 6.25. The third kappa shape index (κ3) is 2.23. The lowest BCUT2D eigenvalue weighted by Crippen LogP contribution is -2.50. The molecule has 1 aromatic carbocycles. The maximum atomic E-state index is 12.1. The molecule has 0 radical (unpaired) electrons. The van der Waals surface area contributed by atoms with Crippen molar-refractivity contribution >= 4 is 17.8 Å². The van der Waals surface area contributed by atoms with Crippen molar-refractivity contribution in [3.8, 4) is 0 Å². The fourth-order valence-electron chi connectivity index (χ4n) is 2.24. The Bertz CT molecular complexity index is 503. The number of carbonyl (C=O) groups excluding carboxylic acids is 3. The molecule has 1 aromatic rings. The predicted molar refractivity (Wildman–Crippen MR) is 65.3 cm³/mol. The molecule has 0 aliphatic carbocycles. The van der Waals surface area contributed by atoms with Gasteiger partial charge in [-0.2, -0.15) is 0 Å². The van der Waals surface area contributed by atoms with Gasteiger partial charge in [-0.3, -0.25) is 14.5 Å². The molecule has 5 nitrogen and oxygen atoms in total. The molecule has 1 aliphatic rings. The fourth-order valence-corrected chi connectivity index (χ4v) is 2.24. The summed E-state index contributed by atoms with van der Waals surface area (Å²) in [5, 5.41) is 11.2. The van der Waals surface area contributed by atoms with Gasteiger partial charge < -0.3 is 9.90 Å². The van der Waals surface area contributed by atoms with Crippen molar-refractivity contribution < 1.29 is 19.5 Å². The Hall–Kier alpha value is -2.17. The van der Waals surface area contributed by atoms with Crippen LogP contribution in [0.5, 0.6) is 0 Å². The van der Waals surface area contributed by atoms with Crippen LogP contribution in [-0.2, 0) is 4.79 Å². The molecule has 2 amide bonds. The lowest BCUT2D eigenvalue weighted by Gasteiger charge is -2.26. The highest BCUT2D eigenvalue weighted by Gasteiger charge is 2.39. The Kier molecular flexibility index (Phi) is 3.64. The number of nitrogens with zero attached hydrogens (tertiary/aromatic N) is 1. The maximum absolute atomic E-state index is 12.1. The third-order valence-electron chi connectivity index (χ3n) is 3.24. The molecule has 1 heterocycles. The van der Waals surface area contributed by atoms with E-state index in [2.05, 4.69) is 0 Å². The first-order valence-electron chi connectivity index (χ1n) is 6.25. The van der Waals surface area contributed by atoms with Crippen LogP contribution in [0, 0.1) is 0 Å². The minimum atomic E-state index is -1.39. The van der Waals surface area contributed by atoms with E-state index >= 15 is 0 Å². The number of carboxylic acid groups (broad SMARTS) is 1. The van der Waals surface area contributed by atoms with Crippen molar-refractivity contribution in [3.05, 3.63) is 35.4 Å². The monoisotopic (exact) mass is 260 g/mol. The molecule has 0 bridgehead atoms. The molecular formula is C14H14NO4-. The number of rotatable bonds is 5. The molecule has 100 valence electrons. The number of amides is 2. The predicted octanol–water partition coefficient (Wildman–Crippen LogP) is 0.591. The summed E-state index contributed by atoms with van der Waals surface area (Å²) in [6.45, 7) is 1.91. The number of unbranched alkanes of at least 4 members (excludes halogenated alkanes) is 1. The van der Waals surface area contributed by atoms with E-state index in [4.69, 9.17) is 0 Å². The smallest absolute Gasteiger partial charge is 0.262 e. The van der Waals surface area contributed by atoms with Gasteiger partial charge in [-0.05, 0) is 18.6 Å². The summed E-state index contributed by atoms with van der Waals surface area (Å²) < 4.78 is 0. The molecule has 0 saturated carbocycles. The van der Waals surface area contributed by atoms with Gasteiger partial charge in [0, 0.05) is 0 Å². The standard InChI is InChI=1S/C14H15NO4/c1-2-3-8-11(14(18)19)15-12(16)9-6-4-5-7-10(9)13(15)17/h4-7,11H,2-3,8H2,1H3,(H,18,19)/p-1/t11-/m0/s1. The highest BCUT2D eigenvalue weighted by molar-refractivity contribution is 6.22. The average Bonchev–Trinajstić information content (AvgIpc) is 2.64. The minimum absolute atomic E-state index is 0.226. The number of carbonyl (C=O) groups is 3. The van der Waals surface area contributed by atoms with E-state index < -0.39 is 23.8 Å². The molecule has 0 fully saturated rings. The Morgan fingerprint density at radius 3 is 2.16 bits per heavy atom. The van der Waals surface area contributed by atoms with Crippen LogP contribution in [0.1, 0.15) is 46.9 Å². The number of fused-ring (bicyclic) bond motifs is 1. The van der Waals surface area contributed by atoms with Crippen LogP contribution < -0.4 is 5.11 Å². The molecule has 5 heteroatoms. The number of carboxylic acids is 1. The number of hydrogen-bond donors (Lipinski definition) is 0. The molecular weight excluding hydrogens is 246 g/mol. The number of hydrogen-bond acceptors (Lipinski definition) is 4. The number of imide groups is 1. The Morgan fingerprint density at radius 2 is 1.74 bits per heavy atom.